The number of methoxy groups -OCH3 is 3. The Kier molecular flexibility index (Phi) is 6.92. The highest BCUT2D eigenvalue weighted by Crippen LogP contribution is 2.35. The summed E-state index contributed by atoms with van der Waals surface area (Å²) in [6.07, 6.45) is 0. The molecule has 1 N–H and O–H groups in total. The molecule has 8 heteroatoms. The summed E-state index contributed by atoms with van der Waals surface area (Å²) in [5.74, 6) is 1.12. The summed E-state index contributed by atoms with van der Waals surface area (Å²) >= 11 is 0. The number of carbonyl (C=O) groups is 1. The highest BCUT2D eigenvalue weighted by atomic mass is 19.3. The van der Waals surface area contributed by atoms with Gasteiger partial charge in [-0.15, -0.1) is 0 Å². The number of ether oxygens (including phenoxy) is 4. The number of rotatable bonds is 8. The van der Waals surface area contributed by atoms with Gasteiger partial charge in [0.25, 0.3) is 5.91 Å². The number of benzene rings is 3. The van der Waals surface area contributed by atoms with Crippen LogP contribution in [0.1, 0.15) is 10.4 Å². The average molecular weight is 429 g/mol. The lowest BCUT2D eigenvalue weighted by atomic mass is 10.0. The van der Waals surface area contributed by atoms with Crippen LogP contribution in [0.2, 0.25) is 0 Å². The fourth-order valence-corrected chi connectivity index (χ4v) is 2.94. The predicted molar refractivity (Wildman–Crippen MR) is 113 cm³/mol. The summed E-state index contributed by atoms with van der Waals surface area (Å²) in [7, 11) is 4.50. The molecule has 162 valence electrons. The molecule has 0 spiro atoms. The average Bonchev–Trinajstić information content (AvgIpc) is 2.79. The number of halogens is 2. The number of nitrogens with one attached hydrogen (secondary N) is 1. The summed E-state index contributed by atoms with van der Waals surface area (Å²) < 4.78 is 45.9. The summed E-state index contributed by atoms with van der Waals surface area (Å²) in [5.41, 5.74) is 1.73. The maximum atomic E-state index is 12.9. The normalized spacial score (nSPS) is 10.5. The number of amides is 1. The zero-order valence-corrected chi connectivity index (χ0v) is 17.1. The van der Waals surface area contributed by atoms with Crippen molar-refractivity contribution < 1.29 is 32.5 Å². The lowest BCUT2D eigenvalue weighted by Crippen LogP contribution is -2.12. The molecule has 0 aliphatic rings. The van der Waals surface area contributed by atoms with E-state index in [9.17, 15) is 13.6 Å². The van der Waals surface area contributed by atoms with Crippen LogP contribution in [-0.4, -0.2) is 33.8 Å². The van der Waals surface area contributed by atoms with E-state index in [2.05, 4.69) is 10.1 Å². The Hall–Kier alpha value is -3.81. The Morgan fingerprint density at radius 3 is 1.97 bits per heavy atom. The van der Waals surface area contributed by atoms with Gasteiger partial charge in [0.1, 0.15) is 23.0 Å². The second kappa shape index (κ2) is 9.80. The minimum atomic E-state index is -2.98. The molecule has 31 heavy (non-hydrogen) atoms. The molecule has 0 radical (unpaired) electrons. The molecular formula is C23H21F2NO5. The van der Waals surface area contributed by atoms with Gasteiger partial charge in [0, 0.05) is 22.9 Å². The van der Waals surface area contributed by atoms with Crippen molar-refractivity contribution in [2.24, 2.45) is 0 Å². The van der Waals surface area contributed by atoms with E-state index in [0.29, 0.717) is 39.6 Å². The summed E-state index contributed by atoms with van der Waals surface area (Å²) in [6.45, 7) is -2.98. The molecule has 0 aliphatic carbocycles. The molecule has 0 atom stereocenters. The monoisotopic (exact) mass is 429 g/mol. The number of alkyl halides is 2. The molecule has 0 aliphatic heterocycles. The Morgan fingerprint density at radius 1 is 0.806 bits per heavy atom. The lowest BCUT2D eigenvalue weighted by molar-refractivity contribution is -0.0494. The fraction of sp³-hybridized carbons (Fsp3) is 0.174. The van der Waals surface area contributed by atoms with Crippen LogP contribution in [-0.2, 0) is 0 Å². The van der Waals surface area contributed by atoms with Crippen LogP contribution in [0.15, 0.2) is 60.7 Å². The van der Waals surface area contributed by atoms with E-state index in [1.165, 1.54) is 33.5 Å². The van der Waals surface area contributed by atoms with E-state index in [-0.39, 0.29) is 5.75 Å². The second-order valence-corrected chi connectivity index (χ2v) is 6.37. The van der Waals surface area contributed by atoms with E-state index in [1.807, 2.05) is 0 Å². The van der Waals surface area contributed by atoms with Crippen molar-refractivity contribution >= 4 is 11.6 Å². The highest BCUT2D eigenvalue weighted by Gasteiger charge is 2.15. The zero-order chi connectivity index (χ0) is 22.4. The SMILES string of the molecule is COc1ccc(-c2cc(NC(=O)c3cc(OC)cc(OC)c3)ccc2OC(F)F)cc1. The Bertz CT molecular complexity index is 1030. The molecule has 0 aromatic heterocycles. The van der Waals surface area contributed by atoms with Crippen LogP contribution in [0.5, 0.6) is 23.0 Å². The van der Waals surface area contributed by atoms with E-state index in [1.54, 1.807) is 48.5 Å². The molecule has 3 aromatic carbocycles. The molecule has 0 unspecified atom stereocenters. The molecule has 3 aromatic rings. The van der Waals surface area contributed by atoms with Gasteiger partial charge in [-0.2, -0.15) is 8.78 Å². The molecule has 0 bridgehead atoms. The molecule has 0 heterocycles. The number of carbonyl (C=O) groups excluding carboxylic acids is 1. The van der Waals surface area contributed by atoms with Gasteiger partial charge < -0.3 is 24.3 Å². The third-order valence-electron chi connectivity index (χ3n) is 4.47. The van der Waals surface area contributed by atoms with Crippen LogP contribution >= 0.6 is 0 Å². The topological polar surface area (TPSA) is 66.0 Å². The number of hydrogen-bond acceptors (Lipinski definition) is 5. The Morgan fingerprint density at radius 2 is 1.42 bits per heavy atom. The third-order valence-corrected chi connectivity index (χ3v) is 4.47. The first-order valence-corrected chi connectivity index (χ1v) is 9.21. The van der Waals surface area contributed by atoms with Crippen molar-refractivity contribution in [2.75, 3.05) is 26.6 Å². The maximum absolute atomic E-state index is 12.9. The largest absolute Gasteiger partial charge is 0.497 e. The van der Waals surface area contributed by atoms with Crippen molar-refractivity contribution in [1.82, 2.24) is 0 Å². The predicted octanol–water partition coefficient (Wildman–Crippen LogP) is 5.23. The molecule has 1 amide bonds. The van der Waals surface area contributed by atoms with Crippen LogP contribution < -0.4 is 24.3 Å². The summed E-state index contributed by atoms with van der Waals surface area (Å²) in [4.78, 5) is 12.8. The van der Waals surface area contributed by atoms with Crippen LogP contribution in [0.4, 0.5) is 14.5 Å². The minimum Gasteiger partial charge on any atom is -0.497 e. The van der Waals surface area contributed by atoms with Crippen molar-refractivity contribution in [3.8, 4) is 34.1 Å². The first-order chi connectivity index (χ1) is 14.9. The fourth-order valence-electron chi connectivity index (χ4n) is 2.94. The maximum Gasteiger partial charge on any atom is 0.387 e. The van der Waals surface area contributed by atoms with Gasteiger partial charge in [0.2, 0.25) is 0 Å². The van der Waals surface area contributed by atoms with Gasteiger partial charge in [0.05, 0.1) is 21.3 Å². The Labute approximate surface area is 178 Å². The molecule has 6 nitrogen and oxygen atoms in total. The van der Waals surface area contributed by atoms with Crippen molar-refractivity contribution in [2.45, 2.75) is 6.61 Å². The molecule has 3 rings (SSSR count). The zero-order valence-electron chi connectivity index (χ0n) is 17.1. The van der Waals surface area contributed by atoms with Crippen molar-refractivity contribution in [3.63, 3.8) is 0 Å². The highest BCUT2D eigenvalue weighted by molar-refractivity contribution is 6.05. The molecule has 0 saturated heterocycles. The van der Waals surface area contributed by atoms with Crippen LogP contribution in [0.3, 0.4) is 0 Å². The van der Waals surface area contributed by atoms with Crippen LogP contribution in [0, 0.1) is 0 Å². The van der Waals surface area contributed by atoms with Crippen molar-refractivity contribution in [3.05, 3.63) is 66.2 Å². The Balaban J connectivity index is 1.93. The molecular weight excluding hydrogens is 408 g/mol. The van der Waals surface area contributed by atoms with Gasteiger partial charge in [-0.1, -0.05) is 12.1 Å². The quantitative estimate of drug-likeness (QED) is 0.531. The number of anilines is 1. The van der Waals surface area contributed by atoms with Gasteiger partial charge in [-0.25, -0.2) is 0 Å². The standard InChI is InChI=1S/C23H21F2NO5/c1-28-17-7-4-14(5-8-17)20-12-16(6-9-21(20)31-23(24)25)26-22(27)15-10-18(29-2)13-19(11-15)30-3/h4-13,23H,1-3H3,(H,26,27). The first-order valence-electron chi connectivity index (χ1n) is 9.21. The molecule has 0 saturated carbocycles. The van der Waals surface area contributed by atoms with Crippen LogP contribution in [0.25, 0.3) is 11.1 Å². The second-order valence-electron chi connectivity index (χ2n) is 6.37. The smallest absolute Gasteiger partial charge is 0.387 e. The van der Waals surface area contributed by atoms with E-state index >= 15 is 0 Å². The van der Waals surface area contributed by atoms with Gasteiger partial charge in [-0.3, -0.25) is 4.79 Å². The minimum absolute atomic E-state index is 0.0128. The van der Waals surface area contributed by atoms with Gasteiger partial charge in [0.15, 0.2) is 0 Å². The lowest BCUT2D eigenvalue weighted by Gasteiger charge is -2.14. The summed E-state index contributed by atoms with van der Waals surface area (Å²) in [6, 6.07) is 16.0. The van der Waals surface area contributed by atoms with Gasteiger partial charge >= 0.3 is 6.61 Å². The summed E-state index contributed by atoms with van der Waals surface area (Å²) in [5, 5.41) is 2.76. The van der Waals surface area contributed by atoms with E-state index < -0.39 is 12.5 Å². The third kappa shape index (κ3) is 5.42. The first kappa shape index (κ1) is 21.9. The van der Waals surface area contributed by atoms with E-state index in [4.69, 9.17) is 14.2 Å². The number of hydrogen-bond donors (Lipinski definition) is 1. The molecule has 0 fully saturated rings. The van der Waals surface area contributed by atoms with E-state index in [0.717, 1.165) is 0 Å². The van der Waals surface area contributed by atoms with Gasteiger partial charge in [-0.05, 0) is 48.0 Å². The van der Waals surface area contributed by atoms with Crippen molar-refractivity contribution in [1.29, 1.82) is 0 Å².